The van der Waals surface area contributed by atoms with E-state index in [1.807, 2.05) is 47.9 Å². The summed E-state index contributed by atoms with van der Waals surface area (Å²) >= 11 is 6.09. The fourth-order valence-corrected chi connectivity index (χ4v) is 5.28. The number of aromatic nitrogens is 3. The highest BCUT2D eigenvalue weighted by Gasteiger charge is 2.25. The number of aryl methyl sites for hydroxylation is 1. The fraction of sp³-hybridized carbons (Fsp3) is 0.321. The Bertz CT molecular complexity index is 1450. The number of methoxy groups -OCH3 is 1. The Kier molecular flexibility index (Phi) is 6.83. The molecule has 1 N–H and O–H groups in total. The summed E-state index contributed by atoms with van der Waals surface area (Å²) in [7, 11) is 1.57. The van der Waals surface area contributed by atoms with Crippen LogP contribution in [0.15, 0.2) is 65.6 Å². The summed E-state index contributed by atoms with van der Waals surface area (Å²) in [4.78, 5) is 30.6. The van der Waals surface area contributed by atoms with Gasteiger partial charge in [0.05, 0.1) is 30.0 Å². The van der Waals surface area contributed by atoms with E-state index in [0.29, 0.717) is 34.6 Å². The lowest BCUT2D eigenvalue weighted by Gasteiger charge is -2.29. The van der Waals surface area contributed by atoms with E-state index in [2.05, 4.69) is 10.3 Å². The first kappa shape index (κ1) is 24.1. The van der Waals surface area contributed by atoms with Crippen LogP contribution in [0, 0.1) is 12.8 Å². The molecule has 0 spiro atoms. The number of ether oxygens (including phenoxy) is 1. The van der Waals surface area contributed by atoms with Crippen LogP contribution in [0.4, 0.5) is 0 Å². The predicted molar refractivity (Wildman–Crippen MR) is 141 cm³/mol. The number of benzene rings is 2. The largest absolute Gasteiger partial charge is 0.481 e. The first-order valence-electron chi connectivity index (χ1n) is 12.2. The van der Waals surface area contributed by atoms with Crippen LogP contribution in [-0.2, 0) is 6.54 Å². The van der Waals surface area contributed by atoms with Gasteiger partial charge in [-0.1, -0.05) is 29.8 Å². The molecule has 1 amide bonds. The summed E-state index contributed by atoms with van der Waals surface area (Å²) < 4.78 is 8.74. The van der Waals surface area contributed by atoms with Crippen molar-refractivity contribution >= 4 is 28.5 Å². The molecule has 8 heteroatoms. The van der Waals surface area contributed by atoms with Crippen molar-refractivity contribution in [2.75, 3.05) is 7.11 Å². The smallest absolute Gasteiger partial charge is 0.333 e. The van der Waals surface area contributed by atoms with E-state index in [9.17, 15) is 9.59 Å². The van der Waals surface area contributed by atoms with E-state index in [1.165, 1.54) is 0 Å². The molecule has 1 saturated carbocycles. The minimum Gasteiger partial charge on any atom is -0.481 e. The number of rotatable bonds is 6. The van der Waals surface area contributed by atoms with Crippen LogP contribution >= 0.6 is 11.6 Å². The summed E-state index contributed by atoms with van der Waals surface area (Å²) in [6, 6.07) is 17.0. The molecule has 2 heterocycles. The monoisotopic (exact) mass is 504 g/mol. The van der Waals surface area contributed by atoms with Gasteiger partial charge in [-0.25, -0.2) is 9.78 Å². The fourth-order valence-electron chi connectivity index (χ4n) is 5.11. The van der Waals surface area contributed by atoms with Crippen molar-refractivity contribution in [2.45, 2.75) is 45.2 Å². The maximum Gasteiger partial charge on any atom is 0.333 e. The summed E-state index contributed by atoms with van der Waals surface area (Å²) in [6.07, 6.45) is 5.30. The molecule has 4 aromatic rings. The average Bonchev–Trinajstić information content (AvgIpc) is 3.17. The number of imidazole rings is 1. The minimum absolute atomic E-state index is 0.0741. The number of fused-ring (bicyclic) bond motifs is 1. The zero-order chi connectivity index (χ0) is 25.2. The summed E-state index contributed by atoms with van der Waals surface area (Å²) in [5, 5.41) is 3.74. The van der Waals surface area contributed by atoms with Crippen LogP contribution in [0.25, 0.3) is 16.7 Å². The van der Waals surface area contributed by atoms with E-state index in [-0.39, 0.29) is 17.6 Å². The first-order chi connectivity index (χ1) is 17.4. The second-order valence-electron chi connectivity index (χ2n) is 9.43. The van der Waals surface area contributed by atoms with Gasteiger partial charge in [-0.15, -0.1) is 0 Å². The molecule has 1 aliphatic rings. The molecule has 0 saturated heterocycles. The van der Waals surface area contributed by atoms with E-state index in [1.54, 1.807) is 36.1 Å². The quantitative estimate of drug-likeness (QED) is 0.394. The Labute approximate surface area is 214 Å². The molecular weight excluding hydrogens is 476 g/mol. The van der Waals surface area contributed by atoms with Crippen molar-refractivity contribution in [3.8, 4) is 11.6 Å². The van der Waals surface area contributed by atoms with E-state index >= 15 is 0 Å². The van der Waals surface area contributed by atoms with Gasteiger partial charge in [0.25, 0.3) is 5.91 Å². The molecule has 1 aliphatic carbocycles. The van der Waals surface area contributed by atoms with Crippen LogP contribution in [0.2, 0.25) is 5.02 Å². The van der Waals surface area contributed by atoms with Crippen molar-refractivity contribution < 1.29 is 9.53 Å². The summed E-state index contributed by atoms with van der Waals surface area (Å²) in [5.74, 6) is 0.785. The van der Waals surface area contributed by atoms with Gasteiger partial charge in [0, 0.05) is 29.2 Å². The lowest BCUT2D eigenvalue weighted by atomic mass is 9.85. The molecule has 2 aromatic heterocycles. The highest BCUT2D eigenvalue weighted by atomic mass is 35.5. The third-order valence-corrected chi connectivity index (χ3v) is 7.33. The molecular formula is C28H29ClN4O3. The molecule has 0 bridgehead atoms. The SMILES string of the molecule is COc1ccc(-n2c(=O)n(C[C@H]3CC[C@H](NC(=O)c4cc(Cl)ccc4C)CC3)c3ccccc32)cn1. The lowest BCUT2D eigenvalue weighted by molar-refractivity contribution is 0.0920. The van der Waals surface area contributed by atoms with Crippen LogP contribution in [0.5, 0.6) is 5.88 Å². The van der Waals surface area contributed by atoms with Gasteiger partial charge in [0.2, 0.25) is 5.88 Å². The second-order valence-corrected chi connectivity index (χ2v) is 9.86. The molecule has 7 nitrogen and oxygen atoms in total. The van der Waals surface area contributed by atoms with Crippen molar-refractivity contribution in [1.29, 1.82) is 0 Å². The van der Waals surface area contributed by atoms with Gasteiger partial charge < -0.3 is 10.1 Å². The number of halogens is 1. The number of hydrogen-bond acceptors (Lipinski definition) is 4. The van der Waals surface area contributed by atoms with Gasteiger partial charge in [-0.3, -0.25) is 13.9 Å². The predicted octanol–water partition coefficient (Wildman–Crippen LogP) is 5.15. The second kappa shape index (κ2) is 10.2. The number of hydrogen-bond donors (Lipinski definition) is 1. The summed E-state index contributed by atoms with van der Waals surface area (Å²) in [6.45, 7) is 2.56. The number of amides is 1. The van der Waals surface area contributed by atoms with Crippen molar-refractivity contribution in [3.63, 3.8) is 0 Å². The molecule has 2 aromatic carbocycles. The first-order valence-corrected chi connectivity index (χ1v) is 12.6. The van der Waals surface area contributed by atoms with Crippen molar-refractivity contribution in [3.05, 3.63) is 87.4 Å². The van der Waals surface area contributed by atoms with Gasteiger partial charge >= 0.3 is 5.69 Å². The Hall–Kier alpha value is -3.58. The molecule has 1 fully saturated rings. The topological polar surface area (TPSA) is 78.1 Å². The number of para-hydroxylation sites is 2. The molecule has 0 radical (unpaired) electrons. The lowest BCUT2D eigenvalue weighted by Crippen LogP contribution is -2.39. The number of nitrogens with zero attached hydrogens (tertiary/aromatic N) is 3. The Morgan fingerprint density at radius 1 is 1.08 bits per heavy atom. The maximum atomic E-state index is 13.5. The average molecular weight is 505 g/mol. The minimum atomic E-state index is -0.0779. The van der Waals surface area contributed by atoms with E-state index < -0.39 is 0 Å². The Balaban J connectivity index is 1.30. The zero-order valence-corrected chi connectivity index (χ0v) is 21.2. The number of pyridine rings is 1. The molecule has 0 unspecified atom stereocenters. The van der Waals surface area contributed by atoms with Crippen molar-refractivity contribution in [1.82, 2.24) is 19.4 Å². The van der Waals surface area contributed by atoms with Gasteiger partial charge in [-0.2, -0.15) is 0 Å². The standard InChI is InChI=1S/C28H29ClN4O3/c1-18-7-10-20(29)15-23(18)27(34)31-21-11-8-19(9-12-21)17-32-24-5-3-4-6-25(24)33(28(32)35)22-13-14-26(36-2)30-16-22/h3-7,10,13-16,19,21H,8-9,11-12,17H2,1-2H3,(H,31,34)/t19-,21-. The van der Waals surface area contributed by atoms with Crippen LogP contribution in [-0.4, -0.2) is 33.2 Å². The highest BCUT2D eigenvalue weighted by molar-refractivity contribution is 6.31. The maximum absolute atomic E-state index is 13.5. The van der Waals surface area contributed by atoms with Gasteiger partial charge in [-0.05, 0) is 74.4 Å². The van der Waals surface area contributed by atoms with Crippen molar-refractivity contribution in [2.24, 2.45) is 5.92 Å². The normalized spacial score (nSPS) is 17.8. The third kappa shape index (κ3) is 4.75. The number of carbonyl (C=O) groups is 1. The van der Waals surface area contributed by atoms with Gasteiger partial charge in [0.1, 0.15) is 0 Å². The molecule has 186 valence electrons. The van der Waals surface area contributed by atoms with Crippen LogP contribution in [0.3, 0.4) is 0 Å². The third-order valence-electron chi connectivity index (χ3n) is 7.09. The Morgan fingerprint density at radius 3 is 2.53 bits per heavy atom. The zero-order valence-electron chi connectivity index (χ0n) is 20.4. The number of carbonyl (C=O) groups excluding carboxylic acids is 1. The van der Waals surface area contributed by atoms with E-state index in [4.69, 9.17) is 16.3 Å². The van der Waals surface area contributed by atoms with E-state index in [0.717, 1.165) is 42.3 Å². The van der Waals surface area contributed by atoms with Crippen LogP contribution < -0.4 is 15.7 Å². The molecule has 0 atom stereocenters. The van der Waals surface area contributed by atoms with Crippen LogP contribution in [0.1, 0.15) is 41.6 Å². The molecule has 0 aliphatic heterocycles. The summed E-state index contributed by atoms with van der Waals surface area (Å²) in [5.41, 5.74) is 3.93. The molecule has 5 rings (SSSR count). The van der Waals surface area contributed by atoms with Gasteiger partial charge in [0.15, 0.2) is 0 Å². The highest BCUT2D eigenvalue weighted by Crippen LogP contribution is 2.28. The molecule has 36 heavy (non-hydrogen) atoms. The number of nitrogens with one attached hydrogen (secondary N) is 1. The Morgan fingerprint density at radius 2 is 1.83 bits per heavy atom.